The van der Waals surface area contributed by atoms with Gasteiger partial charge in [0.25, 0.3) is 0 Å². The van der Waals surface area contributed by atoms with Crippen LogP contribution in [0, 0.1) is 0 Å². The third-order valence-corrected chi connectivity index (χ3v) is 1.97. The van der Waals surface area contributed by atoms with E-state index in [9.17, 15) is 0 Å². The maximum absolute atomic E-state index is 9.15. The van der Waals surface area contributed by atoms with Crippen molar-refractivity contribution in [2.24, 2.45) is 0 Å². The van der Waals surface area contributed by atoms with E-state index in [0.29, 0.717) is 5.69 Å². The number of unbranched alkanes of at least 4 members (excludes halogenated alkanes) is 1. The topological polar surface area (TPSA) is 66.5 Å². The van der Waals surface area contributed by atoms with Crippen molar-refractivity contribution >= 4 is 5.69 Å². The van der Waals surface area contributed by atoms with E-state index < -0.39 is 0 Å². The fourth-order valence-electron chi connectivity index (χ4n) is 1.20. The molecule has 0 aromatic heterocycles. The van der Waals surface area contributed by atoms with Gasteiger partial charge in [-0.1, -0.05) is 6.07 Å². The number of rotatable bonds is 4. The molecule has 3 heteroatoms. The number of aliphatic hydroxyl groups is 1. The molecule has 1 aromatic carbocycles. The predicted molar refractivity (Wildman–Crippen MR) is 52.5 cm³/mol. The van der Waals surface area contributed by atoms with Crippen molar-refractivity contribution in [2.75, 3.05) is 12.3 Å². The molecule has 0 amide bonds. The van der Waals surface area contributed by atoms with E-state index in [4.69, 9.17) is 15.9 Å². The molecule has 0 aliphatic carbocycles. The summed E-state index contributed by atoms with van der Waals surface area (Å²) in [4.78, 5) is 0. The Labute approximate surface area is 77.8 Å². The third-order valence-electron chi connectivity index (χ3n) is 1.97. The first-order chi connectivity index (χ1) is 6.24. The SMILES string of the molecule is Nc1cc(CCCCO)ccc1O. The van der Waals surface area contributed by atoms with Crippen molar-refractivity contribution < 1.29 is 10.2 Å². The Morgan fingerprint density at radius 3 is 2.62 bits per heavy atom. The highest BCUT2D eigenvalue weighted by molar-refractivity contribution is 5.53. The van der Waals surface area contributed by atoms with Crippen LogP contribution in [-0.4, -0.2) is 16.8 Å². The normalized spacial score (nSPS) is 10.2. The van der Waals surface area contributed by atoms with E-state index in [1.165, 1.54) is 0 Å². The molecule has 13 heavy (non-hydrogen) atoms. The molecule has 4 N–H and O–H groups in total. The van der Waals surface area contributed by atoms with Crippen LogP contribution >= 0.6 is 0 Å². The van der Waals surface area contributed by atoms with E-state index in [2.05, 4.69) is 0 Å². The first-order valence-electron chi connectivity index (χ1n) is 4.42. The number of hydrogen-bond donors (Lipinski definition) is 3. The van der Waals surface area contributed by atoms with Gasteiger partial charge in [-0.15, -0.1) is 0 Å². The molecule has 0 aliphatic rings. The summed E-state index contributed by atoms with van der Waals surface area (Å²) in [5.74, 6) is 0.130. The first kappa shape index (κ1) is 9.86. The molecule has 0 atom stereocenters. The van der Waals surface area contributed by atoms with Crippen LogP contribution in [0.2, 0.25) is 0 Å². The zero-order chi connectivity index (χ0) is 9.68. The second kappa shape index (κ2) is 4.72. The van der Waals surface area contributed by atoms with E-state index in [-0.39, 0.29) is 12.4 Å². The van der Waals surface area contributed by atoms with E-state index in [1.54, 1.807) is 12.1 Å². The predicted octanol–water partition coefficient (Wildman–Crippen LogP) is 1.29. The zero-order valence-electron chi connectivity index (χ0n) is 7.53. The molecule has 3 nitrogen and oxygen atoms in total. The summed E-state index contributed by atoms with van der Waals surface area (Å²) in [5, 5.41) is 17.7. The maximum Gasteiger partial charge on any atom is 0.138 e. The lowest BCUT2D eigenvalue weighted by molar-refractivity contribution is 0.284. The summed E-state index contributed by atoms with van der Waals surface area (Å²) in [6.07, 6.45) is 2.65. The lowest BCUT2D eigenvalue weighted by Crippen LogP contribution is -1.91. The van der Waals surface area contributed by atoms with Gasteiger partial charge >= 0.3 is 0 Å². The second-order valence-electron chi connectivity index (χ2n) is 3.07. The summed E-state index contributed by atoms with van der Waals surface area (Å²) in [6, 6.07) is 5.22. The molecule has 72 valence electrons. The van der Waals surface area contributed by atoms with Gasteiger partial charge in [0, 0.05) is 6.61 Å². The lowest BCUT2D eigenvalue weighted by atomic mass is 10.1. The van der Waals surface area contributed by atoms with Crippen LogP contribution in [0.3, 0.4) is 0 Å². The van der Waals surface area contributed by atoms with Crippen LogP contribution in [0.1, 0.15) is 18.4 Å². The molecule has 0 spiro atoms. The molecule has 0 saturated heterocycles. The second-order valence-corrected chi connectivity index (χ2v) is 3.07. The fourth-order valence-corrected chi connectivity index (χ4v) is 1.20. The highest BCUT2D eigenvalue weighted by atomic mass is 16.3. The Kier molecular flexibility index (Phi) is 3.58. The Hall–Kier alpha value is -1.22. The van der Waals surface area contributed by atoms with E-state index >= 15 is 0 Å². The molecule has 0 unspecified atom stereocenters. The highest BCUT2D eigenvalue weighted by Gasteiger charge is 1.98. The van der Waals surface area contributed by atoms with Gasteiger partial charge in [-0.05, 0) is 37.0 Å². The van der Waals surface area contributed by atoms with Crippen molar-refractivity contribution in [2.45, 2.75) is 19.3 Å². The van der Waals surface area contributed by atoms with Crippen LogP contribution in [0.25, 0.3) is 0 Å². The van der Waals surface area contributed by atoms with Crippen molar-refractivity contribution in [1.82, 2.24) is 0 Å². The minimum atomic E-state index is 0.130. The Balaban J connectivity index is 2.53. The standard InChI is InChI=1S/C10H15NO2/c11-9-7-8(3-1-2-6-12)4-5-10(9)13/h4-5,7,12-13H,1-3,6,11H2. The van der Waals surface area contributed by atoms with E-state index in [0.717, 1.165) is 24.8 Å². The van der Waals surface area contributed by atoms with Gasteiger partial charge in [-0.25, -0.2) is 0 Å². The van der Waals surface area contributed by atoms with Gasteiger partial charge in [-0.2, -0.15) is 0 Å². The highest BCUT2D eigenvalue weighted by Crippen LogP contribution is 2.21. The minimum Gasteiger partial charge on any atom is -0.506 e. The number of aryl methyl sites for hydroxylation is 1. The number of anilines is 1. The van der Waals surface area contributed by atoms with Crippen LogP contribution < -0.4 is 5.73 Å². The summed E-state index contributed by atoms with van der Waals surface area (Å²) in [5.41, 5.74) is 7.04. The molecule has 0 bridgehead atoms. The molecule has 0 fully saturated rings. The smallest absolute Gasteiger partial charge is 0.138 e. The molecule has 1 rings (SSSR count). The average Bonchev–Trinajstić information content (AvgIpc) is 2.12. The van der Waals surface area contributed by atoms with Gasteiger partial charge in [0.05, 0.1) is 5.69 Å². The molecule has 0 heterocycles. The van der Waals surface area contributed by atoms with Gasteiger partial charge in [0.1, 0.15) is 5.75 Å². The van der Waals surface area contributed by atoms with Crippen molar-refractivity contribution in [3.05, 3.63) is 23.8 Å². The number of phenolic OH excluding ortho intramolecular Hbond substituents is 1. The number of nitrogens with two attached hydrogens (primary N) is 1. The van der Waals surface area contributed by atoms with Gasteiger partial charge in [0.15, 0.2) is 0 Å². The Morgan fingerprint density at radius 1 is 1.23 bits per heavy atom. The largest absolute Gasteiger partial charge is 0.506 e. The number of hydrogen-bond acceptors (Lipinski definition) is 3. The van der Waals surface area contributed by atoms with Crippen LogP contribution in [0.4, 0.5) is 5.69 Å². The van der Waals surface area contributed by atoms with Gasteiger partial charge in [0.2, 0.25) is 0 Å². The molecule has 0 saturated carbocycles. The number of phenols is 1. The summed E-state index contributed by atoms with van der Waals surface area (Å²) in [6.45, 7) is 0.230. The fraction of sp³-hybridized carbons (Fsp3) is 0.400. The minimum absolute atomic E-state index is 0.130. The summed E-state index contributed by atoms with van der Waals surface area (Å²) < 4.78 is 0. The molecular weight excluding hydrogens is 166 g/mol. The summed E-state index contributed by atoms with van der Waals surface area (Å²) >= 11 is 0. The quantitative estimate of drug-likeness (QED) is 0.372. The molecule has 1 aromatic rings. The number of nitrogen functional groups attached to an aromatic ring is 1. The van der Waals surface area contributed by atoms with Crippen LogP contribution in [0.15, 0.2) is 18.2 Å². The number of aliphatic hydroxyl groups excluding tert-OH is 1. The van der Waals surface area contributed by atoms with Gasteiger partial charge in [-0.3, -0.25) is 0 Å². The van der Waals surface area contributed by atoms with E-state index in [1.807, 2.05) is 6.07 Å². The Morgan fingerprint density at radius 2 is 2.00 bits per heavy atom. The van der Waals surface area contributed by atoms with Crippen LogP contribution in [0.5, 0.6) is 5.75 Å². The first-order valence-corrected chi connectivity index (χ1v) is 4.42. The zero-order valence-corrected chi connectivity index (χ0v) is 7.53. The van der Waals surface area contributed by atoms with Crippen molar-refractivity contribution in [3.8, 4) is 5.75 Å². The lowest BCUT2D eigenvalue weighted by Gasteiger charge is -2.03. The van der Waals surface area contributed by atoms with Crippen molar-refractivity contribution in [1.29, 1.82) is 0 Å². The Bertz CT molecular complexity index is 274. The number of benzene rings is 1. The monoisotopic (exact) mass is 181 g/mol. The molecule has 0 aliphatic heterocycles. The number of aromatic hydroxyl groups is 1. The maximum atomic E-state index is 9.15. The summed E-state index contributed by atoms with van der Waals surface area (Å²) in [7, 11) is 0. The third kappa shape index (κ3) is 2.95. The molecule has 0 radical (unpaired) electrons. The van der Waals surface area contributed by atoms with Gasteiger partial charge < -0.3 is 15.9 Å². The average molecular weight is 181 g/mol. The van der Waals surface area contributed by atoms with Crippen LogP contribution in [-0.2, 0) is 6.42 Å². The van der Waals surface area contributed by atoms with Crippen molar-refractivity contribution in [3.63, 3.8) is 0 Å². The molecular formula is C10H15NO2.